The Kier molecular flexibility index (Phi) is 6.03. The van der Waals surface area contributed by atoms with Crippen LogP contribution in [0, 0.1) is 12.7 Å². The molecule has 2 amide bonds. The number of H-pyrrole nitrogens is 1. The molecule has 1 aliphatic rings. The fourth-order valence-electron chi connectivity index (χ4n) is 3.40. The molecule has 8 nitrogen and oxygen atoms in total. The number of aryl methyl sites for hydroxylation is 1. The molecule has 2 heterocycles. The number of nitrogens with zero attached hydrogens (tertiary/aromatic N) is 3. The molecule has 9 heteroatoms. The summed E-state index contributed by atoms with van der Waals surface area (Å²) in [5.74, 6) is -0.736. The largest absolute Gasteiger partial charge is 0.368 e. The van der Waals surface area contributed by atoms with Gasteiger partial charge in [-0.1, -0.05) is 18.2 Å². The van der Waals surface area contributed by atoms with Crippen LogP contribution in [0.4, 0.5) is 4.39 Å². The van der Waals surface area contributed by atoms with Crippen molar-refractivity contribution in [2.24, 2.45) is 0 Å². The molecular weight excluding hydrogens is 365 g/mol. The van der Waals surface area contributed by atoms with Crippen molar-refractivity contribution in [3.05, 3.63) is 47.0 Å². The van der Waals surface area contributed by atoms with Gasteiger partial charge in [0.1, 0.15) is 11.4 Å². The van der Waals surface area contributed by atoms with Gasteiger partial charge in [-0.25, -0.2) is 4.39 Å². The monoisotopic (exact) mass is 389 g/mol. The summed E-state index contributed by atoms with van der Waals surface area (Å²) in [5, 5.41) is 13.0. The molecule has 2 N–H and O–H groups in total. The second-order valence-corrected chi connectivity index (χ2v) is 6.85. The number of nitrogens with one attached hydrogen (secondary N) is 2. The molecule has 0 bridgehead atoms. The zero-order valence-corrected chi connectivity index (χ0v) is 16.0. The number of amides is 2. The maximum Gasteiger partial charge on any atom is 0.276 e. The van der Waals surface area contributed by atoms with Crippen molar-refractivity contribution < 1.29 is 18.7 Å². The van der Waals surface area contributed by atoms with Gasteiger partial charge in [-0.05, 0) is 25.0 Å². The van der Waals surface area contributed by atoms with E-state index in [9.17, 15) is 14.0 Å². The predicted molar refractivity (Wildman–Crippen MR) is 99.1 cm³/mol. The first-order valence-electron chi connectivity index (χ1n) is 9.20. The molecular formula is C19H24FN5O3. The number of ether oxygens (including phenoxy) is 1. The molecule has 1 aliphatic heterocycles. The molecule has 1 aromatic heterocycles. The van der Waals surface area contributed by atoms with E-state index in [1.807, 2.05) is 0 Å². The van der Waals surface area contributed by atoms with E-state index >= 15 is 0 Å². The Balaban J connectivity index is 1.55. The number of carbonyl (C=O) groups excluding carboxylic acids is 2. The number of aromatic nitrogens is 3. The molecule has 0 unspecified atom stereocenters. The topological polar surface area (TPSA) is 100 Å². The van der Waals surface area contributed by atoms with Crippen LogP contribution in [0.15, 0.2) is 24.3 Å². The van der Waals surface area contributed by atoms with Crippen LogP contribution in [0.3, 0.4) is 0 Å². The number of halogens is 1. The fourth-order valence-corrected chi connectivity index (χ4v) is 3.40. The molecule has 28 heavy (non-hydrogen) atoms. The van der Waals surface area contributed by atoms with Crippen LogP contribution in [0.2, 0.25) is 0 Å². The van der Waals surface area contributed by atoms with Crippen LogP contribution in [0.1, 0.15) is 34.6 Å². The first-order chi connectivity index (χ1) is 13.5. The average molecular weight is 389 g/mol. The molecule has 0 radical (unpaired) electrons. The van der Waals surface area contributed by atoms with Crippen molar-refractivity contribution in [1.82, 2.24) is 25.6 Å². The normalized spacial score (nSPS) is 16.0. The minimum atomic E-state index is -0.995. The van der Waals surface area contributed by atoms with Gasteiger partial charge in [-0.2, -0.15) is 15.4 Å². The van der Waals surface area contributed by atoms with Crippen LogP contribution in [0.25, 0.3) is 0 Å². The van der Waals surface area contributed by atoms with Gasteiger partial charge in [0.25, 0.3) is 11.8 Å². The van der Waals surface area contributed by atoms with Crippen LogP contribution in [-0.4, -0.2) is 64.5 Å². The van der Waals surface area contributed by atoms with Crippen molar-refractivity contribution >= 4 is 11.8 Å². The van der Waals surface area contributed by atoms with E-state index in [0.717, 1.165) is 0 Å². The number of methoxy groups -OCH3 is 1. The molecule has 3 rings (SSSR count). The van der Waals surface area contributed by atoms with Gasteiger partial charge in [0.05, 0.1) is 5.69 Å². The highest BCUT2D eigenvalue weighted by atomic mass is 19.1. The molecule has 1 aromatic carbocycles. The Bertz CT molecular complexity index is 846. The Labute approximate surface area is 162 Å². The standard InChI is InChI=1S/C19H24FN5O3/c1-13-16(23-24-22-13)17(26)25-11-8-19(28-2,9-12-25)18(27)21-10-7-14-5-3-4-6-15(14)20/h3-6H,7-12H2,1-2H3,(H,21,27)(H,22,23,24). The highest BCUT2D eigenvalue weighted by Gasteiger charge is 2.42. The van der Waals surface area contributed by atoms with E-state index in [-0.39, 0.29) is 17.6 Å². The van der Waals surface area contributed by atoms with E-state index in [0.29, 0.717) is 55.8 Å². The van der Waals surface area contributed by atoms with Crippen LogP contribution >= 0.6 is 0 Å². The van der Waals surface area contributed by atoms with Gasteiger partial charge < -0.3 is 15.0 Å². The molecule has 150 valence electrons. The van der Waals surface area contributed by atoms with Crippen molar-refractivity contribution in [3.8, 4) is 0 Å². The Morgan fingerprint density at radius 3 is 2.61 bits per heavy atom. The number of rotatable bonds is 6. The summed E-state index contributed by atoms with van der Waals surface area (Å²) in [4.78, 5) is 26.9. The predicted octanol–water partition coefficient (Wildman–Crippen LogP) is 1.23. The van der Waals surface area contributed by atoms with Gasteiger partial charge in [-0.3, -0.25) is 9.59 Å². The van der Waals surface area contributed by atoms with Gasteiger partial charge in [0, 0.05) is 39.6 Å². The maximum atomic E-state index is 13.7. The van der Waals surface area contributed by atoms with Gasteiger partial charge in [0.15, 0.2) is 5.69 Å². The third-order valence-electron chi connectivity index (χ3n) is 5.23. The van der Waals surface area contributed by atoms with E-state index < -0.39 is 5.60 Å². The molecule has 0 saturated carbocycles. The van der Waals surface area contributed by atoms with E-state index in [4.69, 9.17) is 4.74 Å². The van der Waals surface area contributed by atoms with E-state index in [1.165, 1.54) is 13.2 Å². The lowest BCUT2D eigenvalue weighted by Crippen LogP contribution is -2.56. The quantitative estimate of drug-likeness (QED) is 0.774. The number of aromatic amines is 1. The third kappa shape index (κ3) is 4.04. The van der Waals surface area contributed by atoms with Crippen molar-refractivity contribution in [2.45, 2.75) is 31.8 Å². The number of hydrogen-bond donors (Lipinski definition) is 2. The van der Waals surface area contributed by atoms with Crippen molar-refractivity contribution in [1.29, 1.82) is 0 Å². The second kappa shape index (κ2) is 8.47. The number of benzene rings is 1. The van der Waals surface area contributed by atoms with E-state index in [2.05, 4.69) is 20.7 Å². The second-order valence-electron chi connectivity index (χ2n) is 6.85. The number of piperidine rings is 1. The summed E-state index contributed by atoms with van der Waals surface area (Å²) in [6.45, 7) is 2.77. The first-order valence-corrected chi connectivity index (χ1v) is 9.20. The molecule has 2 aromatic rings. The summed E-state index contributed by atoms with van der Waals surface area (Å²) in [6.07, 6.45) is 1.14. The molecule has 1 saturated heterocycles. The highest BCUT2D eigenvalue weighted by Crippen LogP contribution is 2.27. The Morgan fingerprint density at radius 1 is 1.29 bits per heavy atom. The van der Waals surface area contributed by atoms with Crippen molar-refractivity contribution in [3.63, 3.8) is 0 Å². The zero-order valence-electron chi connectivity index (χ0n) is 16.0. The molecule has 0 atom stereocenters. The minimum absolute atomic E-state index is 0.212. The summed E-state index contributed by atoms with van der Waals surface area (Å²) in [5.41, 5.74) is 0.390. The van der Waals surface area contributed by atoms with Gasteiger partial charge in [0.2, 0.25) is 0 Å². The summed E-state index contributed by atoms with van der Waals surface area (Å²) < 4.78 is 19.2. The number of carbonyl (C=O) groups is 2. The number of hydrogen-bond acceptors (Lipinski definition) is 5. The highest BCUT2D eigenvalue weighted by molar-refractivity contribution is 5.93. The molecule has 1 fully saturated rings. The van der Waals surface area contributed by atoms with Crippen molar-refractivity contribution in [2.75, 3.05) is 26.7 Å². The maximum absolute atomic E-state index is 13.7. The van der Waals surface area contributed by atoms with Crippen LogP contribution < -0.4 is 5.32 Å². The fraction of sp³-hybridized carbons (Fsp3) is 0.474. The van der Waals surface area contributed by atoms with Crippen LogP contribution in [0.5, 0.6) is 0 Å². The minimum Gasteiger partial charge on any atom is -0.368 e. The number of likely N-dealkylation sites (tertiary alicyclic amines) is 1. The molecule has 0 aliphatic carbocycles. The smallest absolute Gasteiger partial charge is 0.276 e. The molecule has 0 spiro atoms. The summed E-state index contributed by atoms with van der Waals surface area (Å²) in [7, 11) is 1.50. The Hall–Kier alpha value is -2.81. The first kappa shape index (κ1) is 19.9. The van der Waals surface area contributed by atoms with Gasteiger partial charge in [-0.15, -0.1) is 0 Å². The van der Waals surface area contributed by atoms with Crippen LogP contribution in [-0.2, 0) is 16.0 Å². The average Bonchev–Trinajstić information content (AvgIpc) is 3.14. The van der Waals surface area contributed by atoms with Gasteiger partial charge >= 0.3 is 0 Å². The summed E-state index contributed by atoms with van der Waals surface area (Å²) in [6, 6.07) is 6.49. The zero-order chi connectivity index (χ0) is 20.1. The lowest BCUT2D eigenvalue weighted by Gasteiger charge is -2.39. The van der Waals surface area contributed by atoms with E-state index in [1.54, 1.807) is 30.0 Å². The third-order valence-corrected chi connectivity index (χ3v) is 5.23. The lowest BCUT2D eigenvalue weighted by atomic mass is 9.89. The Morgan fingerprint density at radius 2 is 2.00 bits per heavy atom. The summed E-state index contributed by atoms with van der Waals surface area (Å²) >= 11 is 0. The SMILES string of the molecule is COC1(C(=O)NCCc2ccccc2F)CCN(C(=O)c2n[nH]nc2C)CC1. The lowest BCUT2D eigenvalue weighted by molar-refractivity contribution is -0.148.